The molecule has 0 bridgehead atoms. The summed E-state index contributed by atoms with van der Waals surface area (Å²) in [7, 11) is -2.07. The number of sulfonamides is 1. The van der Waals surface area contributed by atoms with Crippen molar-refractivity contribution >= 4 is 10.0 Å². The van der Waals surface area contributed by atoms with Gasteiger partial charge in [0.1, 0.15) is 0 Å². The molecule has 1 N–H and O–H groups in total. The fraction of sp³-hybridized carbons (Fsp3) is 0.583. The molecule has 7 heteroatoms. The molecule has 0 amide bonds. The summed E-state index contributed by atoms with van der Waals surface area (Å²) >= 11 is 0. The van der Waals surface area contributed by atoms with E-state index in [2.05, 4.69) is 4.98 Å². The Morgan fingerprint density at radius 1 is 1.37 bits per heavy atom. The van der Waals surface area contributed by atoms with Crippen LogP contribution in [0.4, 0.5) is 0 Å². The van der Waals surface area contributed by atoms with Gasteiger partial charge in [-0.1, -0.05) is 13.8 Å². The summed E-state index contributed by atoms with van der Waals surface area (Å²) in [5.74, 6) is 0.203. The Balaban J connectivity index is 3.03. The van der Waals surface area contributed by atoms with Crippen LogP contribution in [0.25, 0.3) is 0 Å². The predicted molar refractivity (Wildman–Crippen MR) is 72.5 cm³/mol. The van der Waals surface area contributed by atoms with Gasteiger partial charge in [0, 0.05) is 32.5 Å². The molecule has 108 valence electrons. The van der Waals surface area contributed by atoms with E-state index >= 15 is 0 Å². The highest BCUT2D eigenvalue weighted by Gasteiger charge is 2.24. The van der Waals surface area contributed by atoms with Gasteiger partial charge in [0.05, 0.1) is 11.5 Å². The van der Waals surface area contributed by atoms with E-state index < -0.39 is 10.0 Å². The molecule has 0 unspecified atom stereocenters. The first-order valence-electron chi connectivity index (χ1n) is 6.05. The van der Waals surface area contributed by atoms with Crippen molar-refractivity contribution in [1.29, 1.82) is 0 Å². The second-order valence-electron chi connectivity index (χ2n) is 4.64. The van der Waals surface area contributed by atoms with Gasteiger partial charge in [-0.15, -0.1) is 0 Å². The zero-order chi connectivity index (χ0) is 14.5. The van der Waals surface area contributed by atoms with Gasteiger partial charge in [0.2, 0.25) is 15.6 Å². The Morgan fingerprint density at radius 2 is 2.05 bits per heavy atom. The van der Waals surface area contributed by atoms with E-state index in [1.165, 1.54) is 29.7 Å². The van der Waals surface area contributed by atoms with Crippen LogP contribution in [0.15, 0.2) is 28.0 Å². The zero-order valence-corrected chi connectivity index (χ0v) is 12.2. The number of aromatic amines is 1. The van der Waals surface area contributed by atoms with Crippen LogP contribution in [-0.2, 0) is 14.8 Å². The molecule has 0 aromatic carbocycles. The molecule has 0 aliphatic rings. The van der Waals surface area contributed by atoms with Crippen molar-refractivity contribution in [3.8, 4) is 0 Å². The number of nitrogens with one attached hydrogen (secondary N) is 1. The molecule has 0 aliphatic carbocycles. The topological polar surface area (TPSA) is 79.5 Å². The van der Waals surface area contributed by atoms with Crippen molar-refractivity contribution in [3.63, 3.8) is 0 Å². The lowest BCUT2D eigenvalue weighted by Gasteiger charge is -2.23. The minimum absolute atomic E-state index is 0.0869. The highest BCUT2D eigenvalue weighted by molar-refractivity contribution is 7.89. The van der Waals surface area contributed by atoms with Crippen molar-refractivity contribution in [2.24, 2.45) is 5.92 Å². The largest absolute Gasteiger partial charge is 0.383 e. The molecule has 0 saturated heterocycles. The minimum Gasteiger partial charge on any atom is -0.383 e. The van der Waals surface area contributed by atoms with Crippen LogP contribution in [0.3, 0.4) is 0 Å². The minimum atomic E-state index is -3.60. The predicted octanol–water partition coefficient (Wildman–Crippen LogP) is 0.668. The molecule has 1 rings (SSSR count). The van der Waals surface area contributed by atoms with Crippen LogP contribution in [0.5, 0.6) is 0 Å². The van der Waals surface area contributed by atoms with Gasteiger partial charge >= 0.3 is 0 Å². The zero-order valence-electron chi connectivity index (χ0n) is 11.4. The lowest BCUT2D eigenvalue weighted by atomic mass is 10.2. The molecule has 0 aliphatic heterocycles. The van der Waals surface area contributed by atoms with Crippen molar-refractivity contribution in [3.05, 3.63) is 28.7 Å². The molecule has 1 aromatic heterocycles. The Bertz CT molecular complexity index is 531. The van der Waals surface area contributed by atoms with Crippen molar-refractivity contribution < 1.29 is 13.2 Å². The Morgan fingerprint density at radius 3 is 2.53 bits per heavy atom. The number of H-pyrrole nitrogens is 1. The maximum absolute atomic E-state index is 12.4. The summed E-state index contributed by atoms with van der Waals surface area (Å²) < 4.78 is 31.2. The van der Waals surface area contributed by atoms with Crippen molar-refractivity contribution in [2.75, 3.05) is 26.8 Å². The van der Waals surface area contributed by atoms with Gasteiger partial charge in [-0.3, -0.25) is 4.79 Å². The summed E-state index contributed by atoms with van der Waals surface area (Å²) in [5, 5.41) is 0. The van der Waals surface area contributed by atoms with Gasteiger partial charge in [0.15, 0.2) is 0 Å². The number of aromatic nitrogens is 1. The average molecular weight is 288 g/mol. The average Bonchev–Trinajstić information content (AvgIpc) is 2.34. The second kappa shape index (κ2) is 6.83. The molecular weight excluding hydrogens is 268 g/mol. The summed E-state index contributed by atoms with van der Waals surface area (Å²) in [6.45, 7) is 4.92. The second-order valence-corrected chi connectivity index (χ2v) is 6.58. The van der Waals surface area contributed by atoms with Crippen LogP contribution >= 0.6 is 0 Å². The number of ether oxygens (including phenoxy) is 1. The first-order valence-corrected chi connectivity index (χ1v) is 7.49. The quantitative estimate of drug-likeness (QED) is 0.799. The Kier molecular flexibility index (Phi) is 5.71. The van der Waals surface area contributed by atoms with Crippen LogP contribution in [0, 0.1) is 5.92 Å². The molecule has 6 nitrogen and oxygen atoms in total. The van der Waals surface area contributed by atoms with E-state index in [4.69, 9.17) is 4.74 Å². The molecule has 0 saturated carbocycles. The highest BCUT2D eigenvalue weighted by atomic mass is 32.2. The third kappa shape index (κ3) is 4.45. The molecular formula is C12H20N2O4S. The summed E-state index contributed by atoms with van der Waals surface area (Å²) in [6.07, 6.45) is 1.22. The molecule has 19 heavy (non-hydrogen) atoms. The standard InChI is InChI=1S/C12H20N2O4S/c1-10(2)9-14(6-7-18-3)19(16,17)11-4-5-12(15)13-8-11/h4-5,8,10H,6-7,9H2,1-3H3,(H,13,15). The summed E-state index contributed by atoms with van der Waals surface area (Å²) in [5.41, 5.74) is -0.328. The van der Waals surface area contributed by atoms with Crippen molar-refractivity contribution in [2.45, 2.75) is 18.7 Å². The van der Waals surface area contributed by atoms with E-state index in [1.807, 2.05) is 13.8 Å². The van der Waals surface area contributed by atoms with Gasteiger partial charge in [-0.2, -0.15) is 4.31 Å². The van der Waals surface area contributed by atoms with Gasteiger partial charge < -0.3 is 9.72 Å². The lowest BCUT2D eigenvalue weighted by molar-refractivity contribution is 0.175. The third-order valence-corrected chi connectivity index (χ3v) is 4.37. The highest BCUT2D eigenvalue weighted by Crippen LogP contribution is 2.15. The van der Waals surface area contributed by atoms with Crippen molar-refractivity contribution in [1.82, 2.24) is 9.29 Å². The maximum Gasteiger partial charge on any atom is 0.247 e. The van der Waals surface area contributed by atoms with E-state index in [0.717, 1.165) is 0 Å². The fourth-order valence-electron chi connectivity index (χ4n) is 1.62. The number of hydrogen-bond acceptors (Lipinski definition) is 4. The van der Waals surface area contributed by atoms with Crippen LogP contribution in [0.1, 0.15) is 13.8 Å². The monoisotopic (exact) mass is 288 g/mol. The third-order valence-electron chi connectivity index (χ3n) is 2.51. The van der Waals surface area contributed by atoms with Gasteiger partial charge in [-0.25, -0.2) is 8.42 Å². The van der Waals surface area contributed by atoms with E-state index in [-0.39, 0.29) is 22.9 Å². The number of hydrogen-bond donors (Lipinski definition) is 1. The number of rotatable bonds is 7. The molecule has 1 heterocycles. The first kappa shape index (κ1) is 15.9. The van der Waals surface area contributed by atoms with Gasteiger partial charge in [0.25, 0.3) is 0 Å². The summed E-state index contributed by atoms with van der Waals surface area (Å²) in [6, 6.07) is 2.52. The molecule has 0 fully saturated rings. The Labute approximate surface area is 113 Å². The molecule has 0 radical (unpaired) electrons. The normalized spacial score (nSPS) is 12.3. The van der Waals surface area contributed by atoms with E-state index in [0.29, 0.717) is 13.2 Å². The lowest BCUT2D eigenvalue weighted by Crippen LogP contribution is -2.37. The van der Waals surface area contributed by atoms with Crippen LogP contribution < -0.4 is 5.56 Å². The molecule has 0 spiro atoms. The summed E-state index contributed by atoms with van der Waals surface area (Å²) in [4.78, 5) is 13.4. The fourth-order valence-corrected chi connectivity index (χ4v) is 3.17. The maximum atomic E-state index is 12.4. The smallest absolute Gasteiger partial charge is 0.247 e. The number of methoxy groups -OCH3 is 1. The van der Waals surface area contributed by atoms with Gasteiger partial charge in [-0.05, 0) is 12.0 Å². The number of pyridine rings is 1. The molecule has 1 aromatic rings. The first-order chi connectivity index (χ1) is 8.87. The van der Waals surface area contributed by atoms with Crippen LogP contribution in [0.2, 0.25) is 0 Å². The number of nitrogens with zero attached hydrogens (tertiary/aromatic N) is 1. The molecule has 0 atom stereocenters. The Hall–Kier alpha value is -1.18. The van der Waals surface area contributed by atoms with E-state index in [1.54, 1.807) is 0 Å². The SMILES string of the molecule is COCCN(CC(C)C)S(=O)(=O)c1ccc(=O)[nH]c1. The van der Waals surface area contributed by atoms with Crippen LogP contribution in [-0.4, -0.2) is 44.5 Å². The van der Waals surface area contributed by atoms with E-state index in [9.17, 15) is 13.2 Å².